The van der Waals surface area contributed by atoms with Gasteiger partial charge < -0.3 is 5.32 Å². The zero-order chi connectivity index (χ0) is 22.8. The summed E-state index contributed by atoms with van der Waals surface area (Å²) in [5, 5.41) is 18.2. The molecule has 1 amide bonds. The Bertz CT molecular complexity index is 1330. The van der Waals surface area contributed by atoms with Crippen molar-refractivity contribution < 1.29 is 18.5 Å². The van der Waals surface area contributed by atoms with Gasteiger partial charge in [-0.15, -0.1) is 5.10 Å². The second kappa shape index (κ2) is 8.63. The van der Waals surface area contributed by atoms with E-state index in [1.54, 1.807) is 24.4 Å². The van der Waals surface area contributed by atoms with Gasteiger partial charge in [0.25, 0.3) is 23.8 Å². The van der Waals surface area contributed by atoms with Crippen LogP contribution in [0.15, 0.2) is 58.6 Å². The fraction of sp³-hybridized carbons (Fsp3) is 0.105. The maximum atomic E-state index is 13.3. The molecule has 1 N–H and O–H groups in total. The average Bonchev–Trinajstić information content (AvgIpc) is 3.17. The summed E-state index contributed by atoms with van der Waals surface area (Å²) < 4.78 is 27.4. The van der Waals surface area contributed by atoms with Crippen LogP contribution in [0.2, 0.25) is 0 Å². The molecule has 4 aromatic rings. The van der Waals surface area contributed by atoms with Crippen LogP contribution in [0.25, 0.3) is 5.78 Å². The maximum Gasteiger partial charge on any atom is 0.295 e. The molecule has 0 bridgehead atoms. The normalized spacial score (nSPS) is 11.1. The van der Waals surface area contributed by atoms with Crippen molar-refractivity contribution in [1.29, 1.82) is 0 Å². The third-order valence-electron chi connectivity index (χ3n) is 4.11. The standard InChI is InChI=1S/C19H13F2N7O3S/c1-10-6-14(16(20)21)27-19(23-10)25-17(26-27)18(29)24-11-7-12(28(30)31)9-13(8-11)32-15-4-2-3-5-22-15/h2-9,16H,1H3,(H,24,29). The van der Waals surface area contributed by atoms with Crippen LogP contribution in [0, 0.1) is 17.0 Å². The number of nitrogens with one attached hydrogen (secondary N) is 1. The molecule has 13 heteroatoms. The van der Waals surface area contributed by atoms with Crippen LogP contribution < -0.4 is 5.32 Å². The number of nitro benzene ring substituents is 1. The number of anilines is 1. The van der Waals surface area contributed by atoms with Gasteiger partial charge in [0.15, 0.2) is 0 Å². The van der Waals surface area contributed by atoms with Crippen LogP contribution in [-0.2, 0) is 0 Å². The Morgan fingerprint density at radius 1 is 1.22 bits per heavy atom. The second-order valence-corrected chi connectivity index (χ2v) is 7.56. The Morgan fingerprint density at radius 2 is 2.03 bits per heavy atom. The number of amides is 1. The SMILES string of the molecule is Cc1cc(C(F)F)n2nc(C(=O)Nc3cc(Sc4ccccn4)cc([N+](=O)[O-])c3)nc2n1. The highest BCUT2D eigenvalue weighted by Gasteiger charge is 2.21. The summed E-state index contributed by atoms with van der Waals surface area (Å²) in [6.07, 6.45) is -1.26. The Balaban J connectivity index is 1.65. The molecule has 0 radical (unpaired) electrons. The number of aryl methyl sites for hydroxylation is 1. The number of hydrogen-bond donors (Lipinski definition) is 1. The molecule has 3 heterocycles. The monoisotopic (exact) mass is 457 g/mol. The smallest absolute Gasteiger partial charge is 0.295 e. The summed E-state index contributed by atoms with van der Waals surface area (Å²) in [4.78, 5) is 35.9. The summed E-state index contributed by atoms with van der Waals surface area (Å²) >= 11 is 1.17. The summed E-state index contributed by atoms with van der Waals surface area (Å²) in [7, 11) is 0. The van der Waals surface area contributed by atoms with Crippen LogP contribution in [-0.4, -0.2) is 35.4 Å². The molecule has 3 aromatic heterocycles. The highest BCUT2D eigenvalue weighted by atomic mass is 32.2. The van der Waals surface area contributed by atoms with Gasteiger partial charge in [0.2, 0.25) is 5.82 Å². The average molecular weight is 457 g/mol. The minimum absolute atomic E-state index is 0.111. The van der Waals surface area contributed by atoms with E-state index in [9.17, 15) is 23.7 Å². The molecule has 4 rings (SSSR count). The number of hydrogen-bond acceptors (Lipinski definition) is 8. The lowest BCUT2D eigenvalue weighted by Crippen LogP contribution is -2.14. The van der Waals surface area contributed by atoms with Crippen LogP contribution in [0.1, 0.15) is 28.4 Å². The molecule has 0 aliphatic carbocycles. The largest absolute Gasteiger partial charge is 0.319 e. The van der Waals surface area contributed by atoms with Crippen molar-refractivity contribution in [3.05, 3.63) is 76.0 Å². The van der Waals surface area contributed by atoms with E-state index in [1.807, 2.05) is 0 Å². The Morgan fingerprint density at radius 3 is 2.72 bits per heavy atom. The van der Waals surface area contributed by atoms with E-state index in [1.165, 1.54) is 36.9 Å². The quantitative estimate of drug-likeness (QED) is 0.339. The number of aromatic nitrogens is 5. The highest BCUT2D eigenvalue weighted by molar-refractivity contribution is 7.99. The number of rotatable bonds is 6. The third-order valence-corrected chi connectivity index (χ3v) is 5.04. The molecule has 0 spiro atoms. The number of carbonyl (C=O) groups is 1. The number of benzene rings is 1. The topological polar surface area (TPSA) is 128 Å². The molecule has 0 unspecified atom stereocenters. The molecule has 0 fully saturated rings. The van der Waals surface area contributed by atoms with Crippen LogP contribution in [0.3, 0.4) is 0 Å². The number of nitro groups is 1. The van der Waals surface area contributed by atoms with Gasteiger partial charge in [0.05, 0.1) is 4.92 Å². The first kappa shape index (κ1) is 21.2. The summed E-state index contributed by atoms with van der Waals surface area (Å²) in [5.74, 6) is -1.39. The van der Waals surface area contributed by atoms with E-state index in [4.69, 9.17) is 0 Å². The van der Waals surface area contributed by atoms with E-state index in [0.717, 1.165) is 10.6 Å². The first-order valence-electron chi connectivity index (χ1n) is 9.02. The van der Waals surface area contributed by atoms with E-state index >= 15 is 0 Å². The van der Waals surface area contributed by atoms with Gasteiger partial charge >= 0.3 is 0 Å². The molecular weight excluding hydrogens is 444 g/mol. The lowest BCUT2D eigenvalue weighted by atomic mass is 10.2. The highest BCUT2D eigenvalue weighted by Crippen LogP contribution is 2.32. The van der Waals surface area contributed by atoms with Crippen LogP contribution in [0.4, 0.5) is 20.2 Å². The molecule has 0 saturated heterocycles. The number of carbonyl (C=O) groups excluding carboxylic acids is 1. The number of halogens is 2. The second-order valence-electron chi connectivity index (χ2n) is 6.47. The molecule has 162 valence electrons. The predicted octanol–water partition coefficient (Wildman–Crippen LogP) is 4.08. The van der Waals surface area contributed by atoms with Crippen molar-refractivity contribution >= 4 is 34.8 Å². The molecule has 1 aromatic carbocycles. The Labute approximate surface area is 182 Å². The van der Waals surface area contributed by atoms with E-state index in [2.05, 4.69) is 25.4 Å². The van der Waals surface area contributed by atoms with Crippen molar-refractivity contribution in [2.24, 2.45) is 0 Å². The predicted molar refractivity (Wildman–Crippen MR) is 110 cm³/mol. The number of alkyl halides is 2. The molecule has 0 atom stereocenters. The lowest BCUT2D eigenvalue weighted by molar-refractivity contribution is -0.385. The van der Waals surface area contributed by atoms with Crippen molar-refractivity contribution in [3.8, 4) is 0 Å². The summed E-state index contributed by atoms with van der Waals surface area (Å²) in [5.41, 5.74) is -0.299. The summed E-state index contributed by atoms with van der Waals surface area (Å²) in [6.45, 7) is 1.52. The lowest BCUT2D eigenvalue weighted by Gasteiger charge is -2.06. The fourth-order valence-electron chi connectivity index (χ4n) is 2.80. The van der Waals surface area contributed by atoms with Crippen molar-refractivity contribution in [2.45, 2.75) is 23.3 Å². The van der Waals surface area contributed by atoms with Crippen molar-refractivity contribution in [3.63, 3.8) is 0 Å². The number of fused-ring (bicyclic) bond motifs is 1. The molecule has 0 aliphatic rings. The molecular formula is C19H13F2N7O3S. The van der Waals surface area contributed by atoms with Crippen LogP contribution >= 0.6 is 11.8 Å². The molecule has 0 saturated carbocycles. The molecule has 32 heavy (non-hydrogen) atoms. The van der Waals surface area contributed by atoms with Gasteiger partial charge in [-0.3, -0.25) is 14.9 Å². The van der Waals surface area contributed by atoms with E-state index < -0.39 is 28.8 Å². The summed E-state index contributed by atoms with van der Waals surface area (Å²) in [6, 6.07) is 10.4. The number of pyridine rings is 1. The van der Waals surface area contributed by atoms with Gasteiger partial charge in [0, 0.05) is 34.6 Å². The Hall–Kier alpha value is -4.00. The Kier molecular flexibility index (Phi) is 5.73. The maximum absolute atomic E-state index is 13.3. The zero-order valence-corrected chi connectivity index (χ0v) is 17.1. The van der Waals surface area contributed by atoms with E-state index in [0.29, 0.717) is 15.6 Å². The molecule has 10 nitrogen and oxygen atoms in total. The third kappa shape index (κ3) is 4.51. The minimum Gasteiger partial charge on any atom is -0.319 e. The van der Waals surface area contributed by atoms with Gasteiger partial charge in [-0.1, -0.05) is 17.8 Å². The van der Waals surface area contributed by atoms with Gasteiger partial charge in [0.1, 0.15) is 10.7 Å². The fourth-order valence-corrected chi connectivity index (χ4v) is 3.67. The van der Waals surface area contributed by atoms with Gasteiger partial charge in [-0.2, -0.15) is 9.50 Å². The zero-order valence-electron chi connectivity index (χ0n) is 16.3. The number of nitrogens with zero attached hydrogens (tertiary/aromatic N) is 6. The van der Waals surface area contributed by atoms with Crippen molar-refractivity contribution in [2.75, 3.05) is 5.32 Å². The number of non-ortho nitro benzene ring substituents is 1. The first-order chi connectivity index (χ1) is 15.3. The van der Waals surface area contributed by atoms with Gasteiger partial charge in [-0.25, -0.2) is 18.7 Å². The van der Waals surface area contributed by atoms with Crippen molar-refractivity contribution in [1.82, 2.24) is 24.6 Å². The first-order valence-corrected chi connectivity index (χ1v) is 9.84. The van der Waals surface area contributed by atoms with Crippen LogP contribution in [0.5, 0.6) is 0 Å². The molecule has 0 aliphatic heterocycles. The minimum atomic E-state index is -2.85. The van der Waals surface area contributed by atoms with Gasteiger partial charge in [-0.05, 0) is 31.2 Å². The van der Waals surface area contributed by atoms with E-state index in [-0.39, 0.29) is 17.2 Å².